The molecule has 9 heteroatoms. The molecule has 2 heterocycles. The van der Waals surface area contributed by atoms with E-state index in [4.69, 9.17) is 22.2 Å². The molecule has 1 aromatic carbocycles. The van der Waals surface area contributed by atoms with Gasteiger partial charge in [0.15, 0.2) is 5.82 Å². The van der Waals surface area contributed by atoms with Crippen LogP contribution in [0, 0.1) is 0 Å². The number of nitrogens with zero attached hydrogens (tertiary/aromatic N) is 3. The molecule has 1 fully saturated rings. The second kappa shape index (κ2) is 6.80. The summed E-state index contributed by atoms with van der Waals surface area (Å²) in [6.45, 7) is 1.49. The molecule has 0 spiro atoms. The van der Waals surface area contributed by atoms with Crippen LogP contribution in [-0.4, -0.2) is 29.1 Å². The van der Waals surface area contributed by atoms with Crippen molar-refractivity contribution in [3.05, 3.63) is 29.0 Å². The first-order valence-corrected chi connectivity index (χ1v) is 9.41. The normalized spacial score (nSPS) is 19.7. The molecule has 1 aliphatic carbocycles. The van der Waals surface area contributed by atoms with Gasteiger partial charge in [0.1, 0.15) is 5.82 Å². The molecule has 0 bridgehead atoms. The second-order valence-corrected chi connectivity index (χ2v) is 7.53. The lowest BCUT2D eigenvalue weighted by molar-refractivity contribution is -0.137. The van der Waals surface area contributed by atoms with Gasteiger partial charge in [-0.3, -0.25) is 0 Å². The predicted molar refractivity (Wildman–Crippen MR) is 103 cm³/mol. The second-order valence-electron chi connectivity index (χ2n) is 7.53. The first kappa shape index (κ1) is 18.8. The molecule has 1 unspecified atom stereocenters. The van der Waals surface area contributed by atoms with Crippen LogP contribution in [0.4, 0.5) is 30.4 Å². The molecule has 1 saturated heterocycles. The van der Waals surface area contributed by atoms with Gasteiger partial charge in [-0.15, -0.1) is 0 Å². The number of aryl methyl sites for hydroxylation is 1. The van der Waals surface area contributed by atoms with Crippen molar-refractivity contribution in [1.29, 1.82) is 0 Å². The van der Waals surface area contributed by atoms with Crippen molar-refractivity contribution in [3.63, 3.8) is 0 Å². The molecule has 1 atom stereocenters. The van der Waals surface area contributed by atoms with Crippen molar-refractivity contribution in [1.82, 2.24) is 9.97 Å². The lowest BCUT2D eigenvalue weighted by Crippen LogP contribution is -2.29. The number of rotatable bonds is 2. The third-order valence-corrected chi connectivity index (χ3v) is 5.44. The Morgan fingerprint density at radius 2 is 1.71 bits per heavy atom. The lowest BCUT2D eigenvalue weighted by Gasteiger charge is -2.26. The number of anilines is 3. The molecule has 1 aromatic heterocycles. The van der Waals surface area contributed by atoms with Crippen molar-refractivity contribution in [3.8, 4) is 11.4 Å². The summed E-state index contributed by atoms with van der Waals surface area (Å²) in [6, 6.07) is 1.86. The summed E-state index contributed by atoms with van der Waals surface area (Å²) in [5.74, 6) is 1.09. The summed E-state index contributed by atoms with van der Waals surface area (Å²) < 4.78 is 39.2. The van der Waals surface area contributed by atoms with Crippen molar-refractivity contribution in [2.45, 2.75) is 44.3 Å². The van der Waals surface area contributed by atoms with Crippen LogP contribution < -0.4 is 22.1 Å². The average Bonchev–Trinajstić information content (AvgIpc) is 3.06. The third-order valence-electron chi connectivity index (χ3n) is 5.44. The maximum absolute atomic E-state index is 13.1. The van der Waals surface area contributed by atoms with Crippen molar-refractivity contribution in [2.24, 2.45) is 5.73 Å². The van der Waals surface area contributed by atoms with Crippen LogP contribution in [0.3, 0.4) is 0 Å². The van der Waals surface area contributed by atoms with Crippen LogP contribution in [0.15, 0.2) is 12.1 Å². The van der Waals surface area contributed by atoms with E-state index in [1.807, 2.05) is 0 Å². The monoisotopic (exact) mass is 392 g/mol. The van der Waals surface area contributed by atoms with E-state index in [1.54, 1.807) is 0 Å². The van der Waals surface area contributed by atoms with Gasteiger partial charge in [-0.1, -0.05) is 0 Å². The van der Waals surface area contributed by atoms with E-state index in [9.17, 15) is 13.2 Å². The number of fused-ring (bicyclic) bond motifs is 1. The topological polar surface area (TPSA) is 107 Å². The number of nitrogen functional groups attached to an aromatic ring is 2. The van der Waals surface area contributed by atoms with Gasteiger partial charge in [-0.25, -0.2) is 9.97 Å². The zero-order valence-electron chi connectivity index (χ0n) is 15.4. The Morgan fingerprint density at radius 3 is 2.32 bits per heavy atom. The highest BCUT2D eigenvalue weighted by Crippen LogP contribution is 2.39. The molecule has 6 nitrogen and oxygen atoms in total. The number of aromatic nitrogens is 2. The zero-order valence-corrected chi connectivity index (χ0v) is 15.4. The maximum Gasteiger partial charge on any atom is 0.416 e. The highest BCUT2D eigenvalue weighted by Gasteiger charge is 2.33. The standard InChI is InChI=1S/C19H23F3N6/c20-19(21,22)10-7-13(24)16(14(25)8-10)17-26-15-4-2-1-3-12(15)18(27-17)28-6-5-11(23)9-28/h7-8,11H,1-6,9,23-25H2. The minimum Gasteiger partial charge on any atom is -0.398 e. The number of hydrogen-bond acceptors (Lipinski definition) is 6. The fourth-order valence-corrected chi connectivity index (χ4v) is 4.04. The van der Waals surface area contributed by atoms with Gasteiger partial charge < -0.3 is 22.1 Å². The van der Waals surface area contributed by atoms with E-state index in [0.717, 1.165) is 67.9 Å². The molecule has 6 N–H and O–H groups in total. The van der Waals surface area contributed by atoms with Gasteiger partial charge in [0.05, 0.1) is 11.1 Å². The Bertz CT molecular complexity index is 888. The van der Waals surface area contributed by atoms with Crippen molar-refractivity contribution in [2.75, 3.05) is 29.5 Å². The highest BCUT2D eigenvalue weighted by atomic mass is 19.4. The number of halogens is 3. The van der Waals surface area contributed by atoms with E-state index in [-0.39, 0.29) is 28.8 Å². The van der Waals surface area contributed by atoms with E-state index in [0.29, 0.717) is 6.54 Å². The van der Waals surface area contributed by atoms with E-state index < -0.39 is 11.7 Å². The Morgan fingerprint density at radius 1 is 1.04 bits per heavy atom. The highest BCUT2D eigenvalue weighted by molar-refractivity contribution is 5.84. The molecule has 2 aromatic rings. The summed E-state index contributed by atoms with van der Waals surface area (Å²) in [5, 5.41) is 0. The molecule has 150 valence electrons. The van der Waals surface area contributed by atoms with Crippen LogP contribution in [-0.2, 0) is 19.0 Å². The summed E-state index contributed by atoms with van der Waals surface area (Å²) in [7, 11) is 0. The zero-order chi connectivity index (χ0) is 20.1. The number of nitrogens with two attached hydrogens (primary N) is 3. The summed E-state index contributed by atoms with van der Waals surface area (Å²) in [6.07, 6.45) is 0.118. The number of alkyl halides is 3. The Kier molecular flexibility index (Phi) is 4.57. The quantitative estimate of drug-likeness (QED) is 0.679. The smallest absolute Gasteiger partial charge is 0.398 e. The maximum atomic E-state index is 13.1. The largest absolute Gasteiger partial charge is 0.416 e. The summed E-state index contributed by atoms with van der Waals surface area (Å²) >= 11 is 0. The summed E-state index contributed by atoms with van der Waals surface area (Å²) in [5.41, 5.74) is 19.2. The van der Waals surface area contributed by atoms with Gasteiger partial charge in [0, 0.05) is 41.8 Å². The SMILES string of the molecule is Nc1cc(C(F)(F)F)cc(N)c1-c1nc2c(c(N3CCC(N)C3)n1)CCCC2. The van der Waals surface area contributed by atoms with Crippen LogP contribution in [0.5, 0.6) is 0 Å². The van der Waals surface area contributed by atoms with Gasteiger partial charge in [0.2, 0.25) is 0 Å². The first-order valence-electron chi connectivity index (χ1n) is 9.41. The predicted octanol–water partition coefficient (Wildman–Crippen LogP) is 2.74. The van der Waals surface area contributed by atoms with Crippen LogP contribution in [0.2, 0.25) is 0 Å². The molecule has 0 amide bonds. The number of benzene rings is 1. The number of hydrogen-bond donors (Lipinski definition) is 3. The van der Waals surface area contributed by atoms with Crippen LogP contribution in [0.25, 0.3) is 11.4 Å². The van der Waals surface area contributed by atoms with Gasteiger partial charge in [0.25, 0.3) is 0 Å². The molecule has 0 radical (unpaired) electrons. The first-order chi connectivity index (χ1) is 13.2. The third kappa shape index (κ3) is 3.34. The fraction of sp³-hybridized carbons (Fsp3) is 0.474. The van der Waals surface area contributed by atoms with Crippen LogP contribution >= 0.6 is 0 Å². The molecular weight excluding hydrogens is 369 g/mol. The van der Waals surface area contributed by atoms with E-state index in [1.165, 1.54) is 0 Å². The van der Waals surface area contributed by atoms with Gasteiger partial charge in [-0.05, 0) is 44.2 Å². The minimum absolute atomic E-state index is 0.0767. The Hall–Kier alpha value is -2.55. The van der Waals surface area contributed by atoms with Crippen LogP contribution in [0.1, 0.15) is 36.1 Å². The van der Waals surface area contributed by atoms with Crippen molar-refractivity contribution >= 4 is 17.2 Å². The molecule has 4 rings (SSSR count). The average molecular weight is 392 g/mol. The van der Waals surface area contributed by atoms with E-state index in [2.05, 4.69) is 9.88 Å². The molecular formula is C19H23F3N6. The van der Waals surface area contributed by atoms with Gasteiger partial charge in [-0.2, -0.15) is 13.2 Å². The van der Waals surface area contributed by atoms with Crippen molar-refractivity contribution < 1.29 is 13.2 Å². The molecule has 0 saturated carbocycles. The molecule has 28 heavy (non-hydrogen) atoms. The van der Waals surface area contributed by atoms with Gasteiger partial charge >= 0.3 is 6.18 Å². The minimum atomic E-state index is -4.52. The fourth-order valence-electron chi connectivity index (χ4n) is 4.04. The van der Waals surface area contributed by atoms with E-state index >= 15 is 0 Å². The summed E-state index contributed by atoms with van der Waals surface area (Å²) in [4.78, 5) is 11.5. The lowest BCUT2D eigenvalue weighted by atomic mass is 9.95. The Balaban J connectivity index is 1.85. The molecule has 2 aliphatic rings. The Labute approximate surface area is 160 Å². The molecule has 1 aliphatic heterocycles.